The van der Waals surface area contributed by atoms with E-state index in [4.69, 9.17) is 5.73 Å². The average Bonchev–Trinajstić information content (AvgIpc) is 2.34. The van der Waals surface area contributed by atoms with Crippen LogP contribution in [0.5, 0.6) is 0 Å². The van der Waals surface area contributed by atoms with Crippen LogP contribution in [-0.2, 0) is 4.79 Å². The zero-order valence-corrected chi connectivity index (χ0v) is 11.7. The lowest BCUT2D eigenvalue weighted by Crippen LogP contribution is -2.21. The van der Waals surface area contributed by atoms with Gasteiger partial charge in [0.2, 0.25) is 5.78 Å². The lowest BCUT2D eigenvalue weighted by Gasteiger charge is -2.15. The van der Waals surface area contributed by atoms with Crippen LogP contribution in [0.3, 0.4) is 0 Å². The van der Waals surface area contributed by atoms with Gasteiger partial charge in [0, 0.05) is 5.57 Å². The number of ketones is 1. The number of aryl methyl sites for hydroxylation is 2. The SMILES string of the molecule is CC1=CC(=O)C(N)=C(C)C1=Nc1ccc(C)cc1C. The van der Waals surface area contributed by atoms with E-state index in [1.165, 1.54) is 5.56 Å². The average molecular weight is 254 g/mol. The Morgan fingerprint density at radius 1 is 1.11 bits per heavy atom. The second kappa shape index (κ2) is 4.84. The molecule has 0 saturated carbocycles. The number of hydrogen-bond acceptors (Lipinski definition) is 3. The molecule has 0 aliphatic heterocycles. The van der Waals surface area contributed by atoms with Gasteiger partial charge in [0.15, 0.2) is 0 Å². The molecule has 0 unspecified atom stereocenters. The normalized spacial score (nSPS) is 18.0. The van der Waals surface area contributed by atoms with Gasteiger partial charge in [-0.1, -0.05) is 17.7 Å². The van der Waals surface area contributed by atoms with Gasteiger partial charge < -0.3 is 5.73 Å². The molecule has 19 heavy (non-hydrogen) atoms. The molecule has 0 fully saturated rings. The number of nitrogens with two attached hydrogens (primary N) is 1. The minimum Gasteiger partial charge on any atom is -0.395 e. The van der Waals surface area contributed by atoms with Crippen molar-refractivity contribution in [1.82, 2.24) is 0 Å². The van der Waals surface area contributed by atoms with Crippen molar-refractivity contribution in [3.8, 4) is 0 Å². The van der Waals surface area contributed by atoms with Crippen molar-refractivity contribution in [3.05, 3.63) is 52.2 Å². The van der Waals surface area contributed by atoms with Crippen LogP contribution in [-0.4, -0.2) is 11.5 Å². The molecule has 1 aromatic rings. The lowest BCUT2D eigenvalue weighted by molar-refractivity contribution is -0.111. The Morgan fingerprint density at radius 2 is 1.79 bits per heavy atom. The fourth-order valence-electron chi connectivity index (χ4n) is 2.17. The van der Waals surface area contributed by atoms with Gasteiger partial charge in [-0.15, -0.1) is 0 Å². The molecule has 3 nitrogen and oxygen atoms in total. The molecule has 0 radical (unpaired) electrons. The minimum atomic E-state index is -0.130. The van der Waals surface area contributed by atoms with Gasteiger partial charge in [-0.25, -0.2) is 4.99 Å². The first-order chi connectivity index (χ1) is 8.90. The molecular formula is C16H18N2O. The molecule has 2 rings (SSSR count). The summed E-state index contributed by atoms with van der Waals surface area (Å²) in [7, 11) is 0. The molecule has 2 N–H and O–H groups in total. The number of allylic oxidation sites excluding steroid dienone is 3. The van der Waals surface area contributed by atoms with E-state index in [1.54, 1.807) is 6.08 Å². The van der Waals surface area contributed by atoms with Gasteiger partial charge in [0.25, 0.3) is 0 Å². The zero-order chi connectivity index (χ0) is 14.2. The molecule has 1 aliphatic carbocycles. The van der Waals surface area contributed by atoms with Gasteiger partial charge in [-0.3, -0.25) is 4.79 Å². The predicted octanol–water partition coefficient (Wildman–Crippen LogP) is 3.14. The fraction of sp³-hybridized carbons (Fsp3) is 0.250. The van der Waals surface area contributed by atoms with Gasteiger partial charge in [-0.05, 0) is 51.0 Å². The van der Waals surface area contributed by atoms with E-state index >= 15 is 0 Å². The van der Waals surface area contributed by atoms with Crippen LogP contribution in [0.2, 0.25) is 0 Å². The number of benzene rings is 1. The molecule has 0 aromatic heterocycles. The van der Waals surface area contributed by atoms with Crippen molar-refractivity contribution in [2.75, 3.05) is 0 Å². The topological polar surface area (TPSA) is 55.5 Å². The highest BCUT2D eigenvalue weighted by Crippen LogP contribution is 2.24. The third-order valence-corrected chi connectivity index (χ3v) is 3.33. The maximum absolute atomic E-state index is 11.6. The minimum absolute atomic E-state index is 0.130. The largest absolute Gasteiger partial charge is 0.395 e. The third-order valence-electron chi connectivity index (χ3n) is 3.33. The van der Waals surface area contributed by atoms with Crippen LogP contribution in [0.4, 0.5) is 5.69 Å². The number of carbonyl (C=O) groups is 1. The maximum atomic E-state index is 11.6. The Balaban J connectivity index is 2.54. The first-order valence-corrected chi connectivity index (χ1v) is 6.26. The smallest absolute Gasteiger partial charge is 0.202 e. The highest BCUT2D eigenvalue weighted by atomic mass is 16.1. The quantitative estimate of drug-likeness (QED) is 0.783. The summed E-state index contributed by atoms with van der Waals surface area (Å²) in [5, 5.41) is 0. The molecule has 0 spiro atoms. The van der Waals surface area contributed by atoms with Crippen LogP contribution in [0.15, 0.2) is 46.1 Å². The second-order valence-corrected chi connectivity index (χ2v) is 4.98. The summed E-state index contributed by atoms with van der Waals surface area (Å²) in [6.45, 7) is 7.81. The molecule has 1 aliphatic rings. The Hall–Kier alpha value is -2.16. The molecular weight excluding hydrogens is 236 g/mol. The number of aliphatic imine (C=N–C) groups is 1. The summed E-state index contributed by atoms with van der Waals surface area (Å²) in [5.74, 6) is -0.130. The Bertz CT molecular complexity index is 649. The molecule has 0 heterocycles. The van der Waals surface area contributed by atoms with Gasteiger partial charge in [-0.2, -0.15) is 0 Å². The van der Waals surface area contributed by atoms with E-state index in [0.29, 0.717) is 0 Å². The van der Waals surface area contributed by atoms with Crippen molar-refractivity contribution in [2.24, 2.45) is 10.7 Å². The fourth-order valence-corrected chi connectivity index (χ4v) is 2.17. The van der Waals surface area contributed by atoms with Crippen LogP contribution in [0, 0.1) is 13.8 Å². The molecule has 0 amide bonds. The van der Waals surface area contributed by atoms with E-state index in [0.717, 1.165) is 28.1 Å². The van der Waals surface area contributed by atoms with Crippen molar-refractivity contribution >= 4 is 17.2 Å². The van der Waals surface area contributed by atoms with Crippen LogP contribution >= 0.6 is 0 Å². The van der Waals surface area contributed by atoms with Gasteiger partial charge in [0.05, 0.1) is 17.1 Å². The predicted molar refractivity (Wildman–Crippen MR) is 78.7 cm³/mol. The summed E-state index contributed by atoms with van der Waals surface area (Å²) >= 11 is 0. The lowest BCUT2D eigenvalue weighted by atomic mass is 9.94. The number of hydrogen-bond donors (Lipinski definition) is 1. The molecule has 1 aromatic carbocycles. The molecule has 0 atom stereocenters. The third kappa shape index (κ3) is 2.50. The van der Waals surface area contributed by atoms with E-state index in [9.17, 15) is 4.79 Å². The summed E-state index contributed by atoms with van der Waals surface area (Å²) in [5.41, 5.74) is 11.7. The number of nitrogens with zero attached hydrogens (tertiary/aromatic N) is 1. The Kier molecular flexibility index (Phi) is 3.38. The molecule has 98 valence electrons. The molecule has 3 heteroatoms. The maximum Gasteiger partial charge on any atom is 0.202 e. The summed E-state index contributed by atoms with van der Waals surface area (Å²) < 4.78 is 0. The Labute approximate surface area is 113 Å². The highest BCUT2D eigenvalue weighted by Gasteiger charge is 2.19. The van der Waals surface area contributed by atoms with Crippen LogP contribution in [0.1, 0.15) is 25.0 Å². The van der Waals surface area contributed by atoms with Crippen molar-refractivity contribution in [3.63, 3.8) is 0 Å². The Morgan fingerprint density at radius 3 is 2.42 bits per heavy atom. The number of carbonyl (C=O) groups excluding carboxylic acids is 1. The summed E-state index contributed by atoms with van der Waals surface area (Å²) in [6, 6.07) is 6.11. The summed E-state index contributed by atoms with van der Waals surface area (Å²) in [4.78, 5) is 16.3. The van der Waals surface area contributed by atoms with Crippen LogP contribution < -0.4 is 5.73 Å². The monoisotopic (exact) mass is 254 g/mol. The van der Waals surface area contributed by atoms with Gasteiger partial charge in [0.1, 0.15) is 0 Å². The van der Waals surface area contributed by atoms with E-state index in [1.807, 2.05) is 32.9 Å². The first-order valence-electron chi connectivity index (χ1n) is 6.26. The van der Waals surface area contributed by atoms with Crippen LogP contribution in [0.25, 0.3) is 0 Å². The standard InChI is InChI=1S/C16H18N2O/c1-9-5-6-13(10(2)7-9)18-16-11(3)8-14(19)15(17)12(16)4/h5-8H,17H2,1-4H3. The first kappa shape index (κ1) is 13.3. The highest BCUT2D eigenvalue weighted by molar-refractivity contribution is 6.24. The molecule has 0 saturated heterocycles. The number of rotatable bonds is 1. The van der Waals surface area contributed by atoms with E-state index in [2.05, 4.69) is 18.0 Å². The second-order valence-electron chi connectivity index (χ2n) is 4.98. The zero-order valence-electron chi connectivity index (χ0n) is 11.7. The van der Waals surface area contributed by atoms with Gasteiger partial charge >= 0.3 is 0 Å². The van der Waals surface area contributed by atoms with Crippen molar-refractivity contribution in [1.29, 1.82) is 0 Å². The van der Waals surface area contributed by atoms with E-state index < -0.39 is 0 Å². The van der Waals surface area contributed by atoms with Crippen molar-refractivity contribution in [2.45, 2.75) is 27.7 Å². The van der Waals surface area contributed by atoms with Crippen molar-refractivity contribution < 1.29 is 4.79 Å². The summed E-state index contributed by atoms with van der Waals surface area (Å²) in [6.07, 6.45) is 1.55. The van der Waals surface area contributed by atoms with E-state index in [-0.39, 0.29) is 11.5 Å². The molecule has 0 bridgehead atoms.